The highest BCUT2D eigenvalue weighted by Crippen LogP contribution is 2.26. The first kappa shape index (κ1) is 17.6. The van der Waals surface area contributed by atoms with Crippen molar-refractivity contribution in [3.8, 4) is 0 Å². The van der Waals surface area contributed by atoms with Crippen LogP contribution >= 0.6 is 0 Å². The Morgan fingerprint density at radius 2 is 1.88 bits per heavy atom. The lowest BCUT2D eigenvalue weighted by atomic mass is 10.1. The highest BCUT2D eigenvalue weighted by Gasteiger charge is 2.12. The Balaban J connectivity index is 1.86. The van der Waals surface area contributed by atoms with E-state index in [9.17, 15) is 9.18 Å². The lowest BCUT2D eigenvalue weighted by Crippen LogP contribution is -2.18. The second-order valence-electron chi connectivity index (χ2n) is 5.98. The number of rotatable bonds is 5. The molecular weight excluding hydrogens is 329 g/mol. The van der Waals surface area contributed by atoms with Gasteiger partial charge in [-0.15, -0.1) is 0 Å². The number of nitrogens with one attached hydrogen (secondary N) is 1. The number of pyridine rings is 1. The van der Waals surface area contributed by atoms with E-state index in [2.05, 4.69) is 21.3 Å². The average Bonchev–Trinajstić information content (AvgIpc) is 2.63. The number of carbonyl (C=O) groups is 1. The predicted octanol–water partition coefficient (Wildman–Crippen LogP) is 4.94. The summed E-state index contributed by atoms with van der Waals surface area (Å²) in [5.41, 5.74) is 3.85. The molecule has 26 heavy (non-hydrogen) atoms. The van der Waals surface area contributed by atoms with Crippen LogP contribution in [0.3, 0.4) is 0 Å². The molecule has 0 unspecified atom stereocenters. The van der Waals surface area contributed by atoms with E-state index in [1.54, 1.807) is 24.4 Å². The molecule has 0 fully saturated rings. The van der Waals surface area contributed by atoms with Crippen molar-refractivity contribution in [2.24, 2.45) is 0 Å². The Morgan fingerprint density at radius 1 is 1.08 bits per heavy atom. The van der Waals surface area contributed by atoms with E-state index in [0.717, 1.165) is 23.5 Å². The summed E-state index contributed by atoms with van der Waals surface area (Å²) in [4.78, 5) is 18.8. The normalized spacial score (nSPS) is 10.4. The zero-order valence-electron chi connectivity index (χ0n) is 14.7. The van der Waals surface area contributed by atoms with Crippen LogP contribution in [0.4, 0.5) is 21.5 Å². The molecule has 4 nitrogen and oxygen atoms in total. The van der Waals surface area contributed by atoms with Gasteiger partial charge in [0.25, 0.3) is 5.91 Å². The molecule has 1 aromatic heterocycles. The van der Waals surface area contributed by atoms with Gasteiger partial charge in [0, 0.05) is 24.1 Å². The molecular formula is C21H20FN3O. The zero-order chi connectivity index (χ0) is 18.5. The summed E-state index contributed by atoms with van der Waals surface area (Å²) >= 11 is 0. The van der Waals surface area contributed by atoms with E-state index in [-0.39, 0.29) is 5.91 Å². The summed E-state index contributed by atoms with van der Waals surface area (Å²) in [6, 6.07) is 15.7. The number of carbonyl (C=O) groups excluding carboxylic acids is 1. The quantitative estimate of drug-likeness (QED) is 0.710. The van der Waals surface area contributed by atoms with Crippen LogP contribution in [0.15, 0.2) is 67.0 Å². The molecule has 0 aliphatic rings. The van der Waals surface area contributed by atoms with Crippen LogP contribution in [0.5, 0.6) is 0 Å². The Labute approximate surface area is 152 Å². The van der Waals surface area contributed by atoms with Crippen molar-refractivity contribution >= 4 is 23.0 Å². The summed E-state index contributed by atoms with van der Waals surface area (Å²) in [6.45, 7) is 4.82. The minimum Gasteiger partial charge on any atom is -0.340 e. The van der Waals surface area contributed by atoms with E-state index >= 15 is 0 Å². The number of anilines is 3. The first-order valence-electron chi connectivity index (χ1n) is 8.43. The summed E-state index contributed by atoms with van der Waals surface area (Å²) < 4.78 is 13.3. The molecule has 132 valence electrons. The van der Waals surface area contributed by atoms with Gasteiger partial charge in [-0.3, -0.25) is 9.78 Å². The monoisotopic (exact) mass is 349 g/mol. The van der Waals surface area contributed by atoms with Crippen LogP contribution in [0.1, 0.15) is 22.8 Å². The van der Waals surface area contributed by atoms with Gasteiger partial charge in [-0.2, -0.15) is 0 Å². The lowest BCUT2D eigenvalue weighted by Gasteiger charge is -2.23. The first-order valence-corrected chi connectivity index (χ1v) is 8.43. The van der Waals surface area contributed by atoms with Gasteiger partial charge in [-0.25, -0.2) is 4.39 Å². The van der Waals surface area contributed by atoms with Gasteiger partial charge in [-0.1, -0.05) is 18.2 Å². The third kappa shape index (κ3) is 4.06. The third-order valence-electron chi connectivity index (χ3n) is 4.01. The summed E-state index contributed by atoms with van der Waals surface area (Å²) in [7, 11) is 0. The minimum atomic E-state index is -0.397. The topological polar surface area (TPSA) is 45.2 Å². The van der Waals surface area contributed by atoms with Crippen LogP contribution in [0.25, 0.3) is 0 Å². The maximum atomic E-state index is 13.3. The molecule has 1 heterocycles. The van der Waals surface area contributed by atoms with Gasteiger partial charge in [0.15, 0.2) is 0 Å². The Kier molecular flexibility index (Phi) is 5.27. The van der Waals surface area contributed by atoms with Crippen molar-refractivity contribution in [2.75, 3.05) is 16.8 Å². The third-order valence-corrected chi connectivity index (χ3v) is 4.01. The number of amides is 1. The van der Waals surface area contributed by atoms with Crippen LogP contribution < -0.4 is 10.2 Å². The van der Waals surface area contributed by atoms with Crippen molar-refractivity contribution in [3.05, 3.63) is 83.9 Å². The fraction of sp³-hybridized carbons (Fsp3) is 0.143. The lowest BCUT2D eigenvalue weighted by molar-refractivity contribution is 0.102. The maximum absolute atomic E-state index is 13.3. The number of halogens is 1. The van der Waals surface area contributed by atoms with Gasteiger partial charge in [0.1, 0.15) is 5.82 Å². The molecule has 0 aliphatic carbocycles. The van der Waals surface area contributed by atoms with E-state index in [0.29, 0.717) is 11.3 Å². The molecule has 2 aromatic carbocycles. The number of nitrogens with zero attached hydrogens (tertiary/aromatic N) is 2. The molecule has 0 radical (unpaired) electrons. The second kappa shape index (κ2) is 7.78. The van der Waals surface area contributed by atoms with Crippen LogP contribution in [-0.4, -0.2) is 17.4 Å². The van der Waals surface area contributed by atoms with Crippen molar-refractivity contribution in [1.82, 2.24) is 4.98 Å². The van der Waals surface area contributed by atoms with Gasteiger partial charge >= 0.3 is 0 Å². The van der Waals surface area contributed by atoms with Gasteiger partial charge in [0.2, 0.25) is 0 Å². The molecule has 3 aromatic rings. The Bertz CT molecular complexity index is 926. The Hall–Kier alpha value is -3.21. The molecule has 0 atom stereocenters. The standard InChI is InChI=1S/C21H20FN3O/c1-3-25(19-9-4-6-15(2)10-19)20-11-16(13-23-14-20)21(26)24-18-8-5-7-17(22)12-18/h4-14H,3H2,1-2H3,(H,24,26). The smallest absolute Gasteiger partial charge is 0.257 e. The molecule has 0 bridgehead atoms. The molecule has 0 aliphatic heterocycles. The van der Waals surface area contributed by atoms with Crippen molar-refractivity contribution in [3.63, 3.8) is 0 Å². The number of benzene rings is 2. The fourth-order valence-electron chi connectivity index (χ4n) is 2.78. The molecule has 5 heteroatoms. The fourth-order valence-corrected chi connectivity index (χ4v) is 2.78. The van der Waals surface area contributed by atoms with E-state index < -0.39 is 5.82 Å². The molecule has 1 amide bonds. The van der Waals surface area contributed by atoms with Crippen LogP contribution in [0, 0.1) is 12.7 Å². The predicted molar refractivity (Wildman–Crippen MR) is 102 cm³/mol. The second-order valence-corrected chi connectivity index (χ2v) is 5.98. The van der Waals surface area contributed by atoms with Crippen molar-refractivity contribution in [2.45, 2.75) is 13.8 Å². The van der Waals surface area contributed by atoms with Crippen LogP contribution in [0.2, 0.25) is 0 Å². The van der Waals surface area contributed by atoms with E-state index in [1.807, 2.05) is 32.0 Å². The summed E-state index contributed by atoms with van der Waals surface area (Å²) in [5.74, 6) is -0.725. The number of hydrogen-bond donors (Lipinski definition) is 1. The summed E-state index contributed by atoms with van der Waals surface area (Å²) in [5, 5.41) is 2.69. The Morgan fingerprint density at radius 3 is 2.62 bits per heavy atom. The molecule has 0 saturated carbocycles. The number of aryl methyl sites for hydroxylation is 1. The molecule has 1 N–H and O–H groups in total. The average molecular weight is 349 g/mol. The van der Waals surface area contributed by atoms with Crippen LogP contribution in [-0.2, 0) is 0 Å². The van der Waals surface area contributed by atoms with Gasteiger partial charge < -0.3 is 10.2 Å². The molecule has 3 rings (SSSR count). The summed E-state index contributed by atoms with van der Waals surface area (Å²) in [6.07, 6.45) is 3.23. The van der Waals surface area contributed by atoms with E-state index in [1.165, 1.54) is 18.3 Å². The highest BCUT2D eigenvalue weighted by atomic mass is 19.1. The van der Waals surface area contributed by atoms with E-state index in [4.69, 9.17) is 0 Å². The minimum absolute atomic E-state index is 0.328. The van der Waals surface area contributed by atoms with Crippen molar-refractivity contribution < 1.29 is 9.18 Å². The van der Waals surface area contributed by atoms with Gasteiger partial charge in [-0.05, 0) is 55.8 Å². The first-order chi connectivity index (χ1) is 12.6. The largest absolute Gasteiger partial charge is 0.340 e. The zero-order valence-corrected chi connectivity index (χ0v) is 14.7. The van der Waals surface area contributed by atoms with Gasteiger partial charge in [0.05, 0.1) is 17.4 Å². The molecule has 0 saturated heterocycles. The maximum Gasteiger partial charge on any atom is 0.257 e. The number of hydrogen-bond acceptors (Lipinski definition) is 3. The molecule has 0 spiro atoms. The SMILES string of the molecule is CCN(c1cccc(C)c1)c1cncc(C(=O)Nc2cccc(F)c2)c1. The van der Waals surface area contributed by atoms with Crippen molar-refractivity contribution in [1.29, 1.82) is 0 Å². The number of aromatic nitrogens is 1. The highest BCUT2D eigenvalue weighted by molar-refractivity contribution is 6.04.